The predicted octanol–water partition coefficient (Wildman–Crippen LogP) is 3.58. The van der Waals surface area contributed by atoms with Gasteiger partial charge < -0.3 is 4.90 Å². The average molecular weight is 437 g/mol. The Labute approximate surface area is 167 Å². The fraction of sp³-hybridized carbons (Fsp3) is 0.500. The molecule has 1 aromatic carbocycles. The fourth-order valence-electron chi connectivity index (χ4n) is 3.19. The number of rotatable bonds is 6. The Hall–Kier alpha value is -1.52. The molecule has 1 amide bonds. The molecule has 0 aliphatic carbocycles. The van der Waals surface area contributed by atoms with Crippen molar-refractivity contribution in [2.75, 3.05) is 25.9 Å². The molecule has 0 N–H and O–H groups in total. The van der Waals surface area contributed by atoms with Crippen LogP contribution in [0.15, 0.2) is 35.2 Å². The Morgan fingerprint density at radius 3 is 2.29 bits per heavy atom. The highest BCUT2D eigenvalue weighted by Crippen LogP contribution is 2.36. The molecule has 1 fully saturated rings. The van der Waals surface area contributed by atoms with Gasteiger partial charge in [0, 0.05) is 36.6 Å². The smallest absolute Gasteiger partial charge is 0.339 e. The molecule has 0 atom stereocenters. The monoisotopic (exact) mass is 436 g/mol. The molecule has 28 heavy (non-hydrogen) atoms. The second kappa shape index (κ2) is 9.32. The van der Waals surface area contributed by atoms with Crippen LogP contribution in [-0.2, 0) is 14.8 Å². The highest BCUT2D eigenvalue weighted by molar-refractivity contribution is 8.00. The number of halogens is 3. The normalized spacial score (nSPS) is 16.9. The highest BCUT2D eigenvalue weighted by atomic mass is 32.2. The van der Waals surface area contributed by atoms with Crippen LogP contribution in [0.1, 0.15) is 25.3 Å². The van der Waals surface area contributed by atoms with Gasteiger partial charge in [0.2, 0.25) is 15.9 Å². The van der Waals surface area contributed by atoms with Gasteiger partial charge in [-0.1, -0.05) is 19.1 Å². The summed E-state index contributed by atoms with van der Waals surface area (Å²) in [6, 6.07) is 5.66. The molecule has 1 aromatic rings. The quantitative estimate of drug-likeness (QED) is 0.505. The Morgan fingerprint density at radius 1 is 1.25 bits per heavy atom. The van der Waals surface area contributed by atoms with Crippen molar-refractivity contribution in [2.45, 2.75) is 36.2 Å². The highest BCUT2D eigenvalue weighted by Gasteiger charge is 2.30. The van der Waals surface area contributed by atoms with Crippen molar-refractivity contribution >= 4 is 33.8 Å². The summed E-state index contributed by atoms with van der Waals surface area (Å²) < 4.78 is 62.1. The summed E-state index contributed by atoms with van der Waals surface area (Å²) in [5.41, 5.74) is -3.70. The molecule has 0 unspecified atom stereocenters. The number of nitrogens with zero attached hydrogens (tertiary/aromatic N) is 2. The first-order valence-corrected chi connectivity index (χ1v) is 11.5. The van der Waals surface area contributed by atoms with Gasteiger partial charge in [-0.2, -0.15) is 17.5 Å². The molecule has 1 heterocycles. The molecule has 0 aromatic heterocycles. The predicted molar refractivity (Wildman–Crippen MR) is 104 cm³/mol. The first kappa shape index (κ1) is 22.8. The molecule has 2 rings (SSSR count). The molecule has 0 saturated carbocycles. The van der Waals surface area contributed by atoms with Gasteiger partial charge in [-0.25, -0.2) is 8.42 Å². The van der Waals surface area contributed by atoms with Crippen LogP contribution in [0.5, 0.6) is 0 Å². The van der Waals surface area contributed by atoms with Crippen LogP contribution < -0.4 is 0 Å². The number of hydrogen-bond donors (Lipinski definition) is 0. The van der Waals surface area contributed by atoms with E-state index in [0.29, 0.717) is 38.0 Å². The molecular formula is C18H23F3N2O3S2. The maximum atomic E-state index is 12.3. The Bertz CT molecular complexity index is 800. The molecule has 1 aliphatic rings. The summed E-state index contributed by atoms with van der Waals surface area (Å²) in [4.78, 5) is 14.1. The minimum Gasteiger partial charge on any atom is -0.339 e. The number of amides is 1. The van der Waals surface area contributed by atoms with Crippen LogP contribution in [0.3, 0.4) is 0 Å². The fourth-order valence-corrected chi connectivity index (χ4v) is 4.95. The summed E-state index contributed by atoms with van der Waals surface area (Å²) in [6.07, 6.45) is 5.29. The van der Waals surface area contributed by atoms with Gasteiger partial charge in [-0.3, -0.25) is 4.79 Å². The number of thioether (sulfide) groups is 1. The van der Waals surface area contributed by atoms with Gasteiger partial charge in [0.15, 0.2) is 0 Å². The van der Waals surface area contributed by atoms with Crippen LogP contribution in [0, 0.1) is 0 Å². The lowest BCUT2D eigenvalue weighted by Crippen LogP contribution is -2.48. The second-order valence-electron chi connectivity index (χ2n) is 6.47. The molecule has 1 aliphatic heterocycles. The number of alkyl halides is 3. The second-order valence-corrected chi connectivity index (χ2v) is 9.55. The van der Waals surface area contributed by atoms with Crippen molar-refractivity contribution in [3.05, 3.63) is 35.9 Å². The molecule has 156 valence electrons. The first-order chi connectivity index (χ1) is 13.0. The van der Waals surface area contributed by atoms with Crippen molar-refractivity contribution in [1.29, 1.82) is 0 Å². The van der Waals surface area contributed by atoms with Crippen molar-refractivity contribution in [3.63, 3.8) is 0 Å². The molecule has 0 radical (unpaired) electrons. The van der Waals surface area contributed by atoms with E-state index in [2.05, 4.69) is 0 Å². The lowest BCUT2D eigenvalue weighted by atomic mass is 10.0. The maximum Gasteiger partial charge on any atom is 0.446 e. The topological polar surface area (TPSA) is 57.7 Å². The zero-order valence-electron chi connectivity index (χ0n) is 15.6. The molecule has 1 saturated heterocycles. The molecule has 0 bridgehead atoms. The van der Waals surface area contributed by atoms with E-state index >= 15 is 0 Å². The van der Waals surface area contributed by atoms with E-state index in [0.717, 1.165) is 0 Å². The van der Waals surface area contributed by atoms with E-state index in [9.17, 15) is 26.4 Å². The van der Waals surface area contributed by atoms with Crippen molar-refractivity contribution in [2.24, 2.45) is 0 Å². The molecule has 0 spiro atoms. The van der Waals surface area contributed by atoms with Gasteiger partial charge in [-0.05, 0) is 48.4 Å². The van der Waals surface area contributed by atoms with Gasteiger partial charge in [0.25, 0.3) is 0 Å². The third-order valence-electron chi connectivity index (χ3n) is 4.45. The number of carbonyl (C=O) groups excluding carboxylic acids is 1. The zero-order valence-corrected chi connectivity index (χ0v) is 17.3. The molecular weight excluding hydrogens is 413 g/mol. The largest absolute Gasteiger partial charge is 0.446 e. The van der Waals surface area contributed by atoms with Gasteiger partial charge in [0.05, 0.1) is 6.26 Å². The zero-order chi connectivity index (χ0) is 20.9. The standard InChI is InChI=1S/C18H23F3N2O3S2/c1-3-23(28(2,25)26)15-10-12-22(13-11-15)17(24)9-6-14-4-7-16(8-5-14)27-18(19,20)21/h4-9,15H,3,10-13H2,1-2H3/b9-6+. The summed E-state index contributed by atoms with van der Waals surface area (Å²) >= 11 is -0.184. The van der Waals surface area contributed by atoms with Crippen LogP contribution in [-0.4, -0.2) is 61.0 Å². The van der Waals surface area contributed by atoms with E-state index in [4.69, 9.17) is 0 Å². The minimum atomic E-state index is -4.33. The van der Waals surface area contributed by atoms with Crippen molar-refractivity contribution in [3.8, 4) is 0 Å². The Balaban J connectivity index is 1.90. The average Bonchev–Trinajstić information content (AvgIpc) is 2.59. The lowest BCUT2D eigenvalue weighted by Gasteiger charge is -2.36. The summed E-state index contributed by atoms with van der Waals surface area (Å²) in [6.45, 7) is 3.11. The Kier molecular flexibility index (Phi) is 7.58. The first-order valence-electron chi connectivity index (χ1n) is 8.79. The third-order valence-corrected chi connectivity index (χ3v) is 6.60. The van der Waals surface area contributed by atoms with E-state index in [1.165, 1.54) is 40.9 Å². The summed E-state index contributed by atoms with van der Waals surface area (Å²) in [7, 11) is -3.27. The van der Waals surface area contributed by atoms with Crippen molar-refractivity contribution in [1.82, 2.24) is 9.21 Å². The van der Waals surface area contributed by atoms with Crippen LogP contribution in [0.4, 0.5) is 13.2 Å². The number of piperidine rings is 1. The van der Waals surface area contributed by atoms with E-state index in [1.807, 2.05) is 0 Å². The number of likely N-dealkylation sites (tertiary alicyclic amines) is 1. The molecule has 5 nitrogen and oxygen atoms in total. The van der Waals surface area contributed by atoms with Crippen LogP contribution in [0.25, 0.3) is 6.08 Å². The van der Waals surface area contributed by atoms with Crippen LogP contribution in [0.2, 0.25) is 0 Å². The van der Waals surface area contributed by atoms with E-state index in [1.54, 1.807) is 17.9 Å². The van der Waals surface area contributed by atoms with E-state index < -0.39 is 15.5 Å². The molecule has 10 heteroatoms. The number of carbonyl (C=O) groups is 1. The minimum absolute atomic E-state index is 0.0874. The number of hydrogen-bond acceptors (Lipinski definition) is 4. The number of sulfonamides is 1. The summed E-state index contributed by atoms with van der Waals surface area (Å²) in [5, 5.41) is 0. The maximum absolute atomic E-state index is 12.3. The third kappa shape index (κ3) is 6.82. The SMILES string of the molecule is CCN(C1CCN(C(=O)/C=C/c2ccc(SC(F)(F)F)cc2)CC1)S(C)(=O)=O. The lowest BCUT2D eigenvalue weighted by molar-refractivity contribution is -0.127. The van der Waals surface area contributed by atoms with Crippen LogP contribution >= 0.6 is 11.8 Å². The number of benzene rings is 1. The summed E-state index contributed by atoms with van der Waals surface area (Å²) in [5.74, 6) is -0.199. The van der Waals surface area contributed by atoms with Gasteiger partial charge >= 0.3 is 5.51 Å². The van der Waals surface area contributed by atoms with Gasteiger partial charge in [0.1, 0.15) is 0 Å². The Morgan fingerprint density at radius 2 is 1.82 bits per heavy atom. The van der Waals surface area contributed by atoms with E-state index in [-0.39, 0.29) is 28.6 Å². The van der Waals surface area contributed by atoms with Gasteiger partial charge in [-0.15, -0.1) is 0 Å². The van der Waals surface area contributed by atoms with Crippen molar-refractivity contribution < 1.29 is 26.4 Å².